The molecular weight excluding hydrogens is 168 g/mol. The summed E-state index contributed by atoms with van der Waals surface area (Å²) in [4.78, 5) is 0. The maximum Gasteiger partial charge on any atom is -0.0263 e. The molecular formula is C14H24. The van der Waals surface area contributed by atoms with Crippen molar-refractivity contribution in [3.05, 3.63) is 0 Å². The Morgan fingerprint density at radius 2 is 1.93 bits per heavy atom. The topological polar surface area (TPSA) is 0 Å². The van der Waals surface area contributed by atoms with Crippen molar-refractivity contribution in [3.8, 4) is 0 Å². The van der Waals surface area contributed by atoms with Gasteiger partial charge < -0.3 is 0 Å². The molecule has 0 heterocycles. The van der Waals surface area contributed by atoms with Crippen molar-refractivity contribution in [2.24, 2.45) is 23.2 Å². The van der Waals surface area contributed by atoms with E-state index in [-0.39, 0.29) is 0 Å². The highest BCUT2D eigenvalue weighted by Crippen LogP contribution is 2.68. The molecule has 0 nitrogen and oxygen atoms in total. The molecule has 0 amide bonds. The van der Waals surface area contributed by atoms with Crippen LogP contribution in [-0.4, -0.2) is 0 Å². The van der Waals surface area contributed by atoms with E-state index >= 15 is 0 Å². The summed E-state index contributed by atoms with van der Waals surface area (Å²) in [7, 11) is 0. The lowest BCUT2D eigenvalue weighted by Gasteiger charge is -2.18. The fourth-order valence-corrected chi connectivity index (χ4v) is 4.26. The molecule has 1 spiro atoms. The molecule has 0 heteroatoms. The van der Waals surface area contributed by atoms with Gasteiger partial charge in [0.25, 0.3) is 0 Å². The SMILES string of the molecule is CCCC(C1CC1)C1CC12CCCC2. The van der Waals surface area contributed by atoms with E-state index in [0.29, 0.717) is 0 Å². The minimum atomic E-state index is 0.905. The van der Waals surface area contributed by atoms with E-state index in [1.165, 1.54) is 24.7 Å². The molecule has 14 heavy (non-hydrogen) atoms. The Kier molecular flexibility index (Phi) is 2.15. The van der Waals surface area contributed by atoms with Crippen LogP contribution in [0.25, 0.3) is 0 Å². The van der Waals surface area contributed by atoms with Gasteiger partial charge in [0.1, 0.15) is 0 Å². The van der Waals surface area contributed by atoms with Gasteiger partial charge in [-0.2, -0.15) is 0 Å². The van der Waals surface area contributed by atoms with Crippen LogP contribution in [0.5, 0.6) is 0 Å². The van der Waals surface area contributed by atoms with Crippen LogP contribution in [0, 0.1) is 23.2 Å². The summed E-state index contributed by atoms with van der Waals surface area (Å²) in [6, 6.07) is 0. The lowest BCUT2D eigenvalue weighted by Crippen LogP contribution is -2.11. The van der Waals surface area contributed by atoms with Crippen molar-refractivity contribution in [1.82, 2.24) is 0 Å². The third kappa shape index (κ3) is 1.42. The summed E-state index contributed by atoms with van der Waals surface area (Å²) in [5, 5.41) is 0. The first-order chi connectivity index (χ1) is 6.86. The third-order valence-electron chi connectivity index (χ3n) is 5.22. The average molecular weight is 192 g/mol. The zero-order valence-corrected chi connectivity index (χ0v) is 9.60. The van der Waals surface area contributed by atoms with E-state index in [1.807, 2.05) is 0 Å². The highest BCUT2D eigenvalue weighted by Gasteiger charge is 2.59. The second-order valence-electron chi connectivity index (χ2n) is 6.17. The van der Waals surface area contributed by atoms with Crippen molar-refractivity contribution in [2.75, 3.05) is 0 Å². The molecule has 0 aliphatic heterocycles. The molecule has 0 aromatic rings. The van der Waals surface area contributed by atoms with Gasteiger partial charge in [0.15, 0.2) is 0 Å². The number of hydrogen-bond acceptors (Lipinski definition) is 0. The predicted molar refractivity (Wildman–Crippen MR) is 60.1 cm³/mol. The van der Waals surface area contributed by atoms with Crippen molar-refractivity contribution >= 4 is 0 Å². The zero-order chi connectivity index (χ0) is 9.60. The molecule has 3 rings (SSSR count). The van der Waals surface area contributed by atoms with Gasteiger partial charge in [-0.15, -0.1) is 0 Å². The molecule has 3 aliphatic rings. The first-order valence-electron chi connectivity index (χ1n) is 6.86. The third-order valence-corrected chi connectivity index (χ3v) is 5.22. The largest absolute Gasteiger partial charge is 0.0654 e. The molecule has 2 unspecified atom stereocenters. The molecule has 0 aromatic carbocycles. The molecule has 3 aliphatic carbocycles. The molecule has 2 atom stereocenters. The summed E-state index contributed by atoms with van der Waals surface area (Å²) >= 11 is 0. The van der Waals surface area contributed by atoms with E-state index in [1.54, 1.807) is 44.9 Å². The monoisotopic (exact) mass is 192 g/mol. The van der Waals surface area contributed by atoms with E-state index in [4.69, 9.17) is 0 Å². The van der Waals surface area contributed by atoms with E-state index in [0.717, 1.165) is 11.3 Å². The lowest BCUT2D eigenvalue weighted by molar-refractivity contribution is 0.308. The fourth-order valence-electron chi connectivity index (χ4n) is 4.26. The van der Waals surface area contributed by atoms with Crippen LogP contribution < -0.4 is 0 Å². The van der Waals surface area contributed by atoms with Gasteiger partial charge >= 0.3 is 0 Å². The van der Waals surface area contributed by atoms with Gasteiger partial charge in [0.2, 0.25) is 0 Å². The van der Waals surface area contributed by atoms with Crippen LogP contribution in [0.3, 0.4) is 0 Å². The molecule has 0 saturated heterocycles. The minimum Gasteiger partial charge on any atom is -0.0654 e. The van der Waals surface area contributed by atoms with Crippen LogP contribution in [0.1, 0.15) is 64.7 Å². The highest BCUT2D eigenvalue weighted by atomic mass is 14.6. The van der Waals surface area contributed by atoms with Gasteiger partial charge in [-0.05, 0) is 55.3 Å². The normalized spacial score (nSPS) is 36.2. The summed E-state index contributed by atoms with van der Waals surface area (Å²) < 4.78 is 0. The Morgan fingerprint density at radius 3 is 2.50 bits per heavy atom. The van der Waals surface area contributed by atoms with Crippen LogP contribution in [-0.2, 0) is 0 Å². The summed E-state index contributed by atoms with van der Waals surface area (Å²) in [5.74, 6) is 3.50. The molecule has 0 radical (unpaired) electrons. The fraction of sp³-hybridized carbons (Fsp3) is 1.00. The first kappa shape index (κ1) is 9.24. The van der Waals surface area contributed by atoms with E-state index in [2.05, 4.69) is 6.92 Å². The predicted octanol–water partition coefficient (Wildman–Crippen LogP) is 4.39. The molecule has 3 saturated carbocycles. The lowest BCUT2D eigenvalue weighted by atomic mass is 9.87. The maximum absolute atomic E-state index is 2.37. The molecule has 80 valence electrons. The van der Waals surface area contributed by atoms with Crippen LogP contribution in [0.4, 0.5) is 0 Å². The minimum absolute atomic E-state index is 0.905. The second-order valence-corrected chi connectivity index (χ2v) is 6.17. The maximum atomic E-state index is 2.37. The van der Waals surface area contributed by atoms with Gasteiger partial charge in [-0.1, -0.05) is 32.6 Å². The van der Waals surface area contributed by atoms with Crippen molar-refractivity contribution in [1.29, 1.82) is 0 Å². The van der Waals surface area contributed by atoms with Gasteiger partial charge in [0.05, 0.1) is 0 Å². The van der Waals surface area contributed by atoms with Gasteiger partial charge in [0, 0.05) is 0 Å². The van der Waals surface area contributed by atoms with Crippen LogP contribution in [0.2, 0.25) is 0 Å². The number of rotatable bonds is 4. The molecule has 3 fully saturated rings. The van der Waals surface area contributed by atoms with Crippen LogP contribution >= 0.6 is 0 Å². The quantitative estimate of drug-likeness (QED) is 0.619. The van der Waals surface area contributed by atoms with Crippen molar-refractivity contribution < 1.29 is 0 Å². The van der Waals surface area contributed by atoms with Crippen molar-refractivity contribution in [3.63, 3.8) is 0 Å². The van der Waals surface area contributed by atoms with Gasteiger partial charge in [-0.25, -0.2) is 0 Å². The van der Waals surface area contributed by atoms with E-state index in [9.17, 15) is 0 Å². The van der Waals surface area contributed by atoms with Crippen LogP contribution in [0.15, 0.2) is 0 Å². The first-order valence-corrected chi connectivity index (χ1v) is 6.86. The Bertz CT molecular complexity index is 208. The Hall–Kier alpha value is 0. The smallest absolute Gasteiger partial charge is 0.0263 e. The summed E-state index contributed by atoms with van der Waals surface area (Å²) in [5.41, 5.74) is 0.905. The average Bonchev–Trinajstić information content (AvgIpc) is 3.04. The highest BCUT2D eigenvalue weighted by molar-refractivity contribution is 5.09. The van der Waals surface area contributed by atoms with E-state index < -0.39 is 0 Å². The Morgan fingerprint density at radius 1 is 1.21 bits per heavy atom. The summed E-state index contributed by atoms with van der Waals surface area (Å²) in [6.07, 6.45) is 14.0. The summed E-state index contributed by atoms with van der Waals surface area (Å²) in [6.45, 7) is 2.37. The second kappa shape index (κ2) is 3.25. The Labute approximate surface area is 88.5 Å². The number of hydrogen-bond donors (Lipinski definition) is 0. The van der Waals surface area contributed by atoms with Gasteiger partial charge in [-0.3, -0.25) is 0 Å². The molecule has 0 aromatic heterocycles. The van der Waals surface area contributed by atoms with Crippen molar-refractivity contribution in [2.45, 2.75) is 64.7 Å². The molecule has 0 bridgehead atoms. The molecule has 0 N–H and O–H groups in total. The zero-order valence-electron chi connectivity index (χ0n) is 9.60. The Balaban J connectivity index is 1.63. The standard InChI is InChI=1S/C14H24/c1-2-5-12(11-6-7-11)13-10-14(13)8-3-4-9-14/h11-13H,2-10H2,1H3.